The van der Waals surface area contributed by atoms with Gasteiger partial charge < -0.3 is 5.73 Å². The Kier molecular flexibility index (Phi) is 2.98. The number of rotatable bonds is 3. The summed E-state index contributed by atoms with van der Waals surface area (Å²) in [4.78, 5) is 0. The Morgan fingerprint density at radius 3 is 2.41 bits per heavy atom. The first-order valence-electron chi connectivity index (χ1n) is 5.69. The molecule has 4 nitrogen and oxygen atoms in total. The van der Waals surface area contributed by atoms with Crippen molar-refractivity contribution >= 4 is 0 Å². The lowest BCUT2D eigenvalue weighted by Gasteiger charge is -2.31. The van der Waals surface area contributed by atoms with Gasteiger partial charge in [-0.3, -0.25) is 4.68 Å². The van der Waals surface area contributed by atoms with Gasteiger partial charge in [0.25, 0.3) is 0 Å². The van der Waals surface area contributed by atoms with E-state index in [4.69, 9.17) is 5.73 Å². The summed E-state index contributed by atoms with van der Waals surface area (Å²) in [5, 5.41) is 7.81. The molecule has 4 heteroatoms. The van der Waals surface area contributed by atoms with E-state index in [9.17, 15) is 0 Å². The van der Waals surface area contributed by atoms with Crippen molar-refractivity contribution in [2.45, 2.75) is 25.3 Å². The highest BCUT2D eigenvalue weighted by Gasteiger charge is 2.31. The van der Waals surface area contributed by atoms with Crippen molar-refractivity contribution in [1.82, 2.24) is 15.0 Å². The van der Waals surface area contributed by atoms with E-state index in [1.165, 1.54) is 5.56 Å². The van der Waals surface area contributed by atoms with Gasteiger partial charge in [-0.15, -0.1) is 5.10 Å². The van der Waals surface area contributed by atoms with E-state index in [1.807, 2.05) is 25.2 Å². The molecule has 0 saturated heterocycles. The topological polar surface area (TPSA) is 56.7 Å². The lowest BCUT2D eigenvalue weighted by Crippen LogP contribution is -2.34. The molecule has 0 aliphatic heterocycles. The maximum atomic E-state index is 6.35. The maximum absolute atomic E-state index is 6.35. The molecule has 17 heavy (non-hydrogen) atoms. The molecule has 1 unspecified atom stereocenters. The van der Waals surface area contributed by atoms with Crippen LogP contribution >= 0.6 is 0 Å². The van der Waals surface area contributed by atoms with Gasteiger partial charge in [-0.25, -0.2) is 0 Å². The molecule has 1 heterocycles. The van der Waals surface area contributed by atoms with Crippen molar-refractivity contribution in [2.75, 3.05) is 0 Å². The van der Waals surface area contributed by atoms with E-state index >= 15 is 0 Å². The second-order valence-electron chi connectivity index (χ2n) is 4.85. The lowest BCUT2D eigenvalue weighted by molar-refractivity contribution is 0.400. The number of benzene rings is 1. The molecule has 0 fully saturated rings. The third kappa shape index (κ3) is 2.08. The van der Waals surface area contributed by atoms with Crippen LogP contribution in [0.4, 0.5) is 0 Å². The molecule has 0 bridgehead atoms. The molecule has 2 N–H and O–H groups in total. The fourth-order valence-corrected chi connectivity index (χ4v) is 2.00. The smallest absolute Gasteiger partial charge is 0.0759 e. The van der Waals surface area contributed by atoms with Crippen LogP contribution < -0.4 is 5.73 Å². The first-order valence-corrected chi connectivity index (χ1v) is 5.69. The van der Waals surface area contributed by atoms with Crippen LogP contribution in [0.15, 0.2) is 36.5 Å². The molecule has 2 rings (SSSR count). The van der Waals surface area contributed by atoms with Gasteiger partial charge in [0, 0.05) is 12.5 Å². The van der Waals surface area contributed by atoms with E-state index < -0.39 is 0 Å². The summed E-state index contributed by atoms with van der Waals surface area (Å²) < 4.78 is 1.73. The van der Waals surface area contributed by atoms with Crippen molar-refractivity contribution in [2.24, 2.45) is 12.8 Å². The Morgan fingerprint density at radius 1 is 1.24 bits per heavy atom. The summed E-state index contributed by atoms with van der Waals surface area (Å²) in [5.41, 5.74) is 8.35. The molecule has 0 spiro atoms. The van der Waals surface area contributed by atoms with Crippen LogP contribution in [0.25, 0.3) is 0 Å². The third-order valence-corrected chi connectivity index (χ3v) is 3.36. The standard InChI is InChI=1S/C13H18N4/c1-13(2,10-7-5-4-6-8-10)12(14)11-9-15-16-17(11)3/h4-9,12H,14H2,1-3H3. The predicted molar refractivity (Wildman–Crippen MR) is 67.4 cm³/mol. The molecule has 1 aromatic carbocycles. The Hall–Kier alpha value is -1.68. The quantitative estimate of drug-likeness (QED) is 0.874. The number of nitrogens with zero attached hydrogens (tertiary/aromatic N) is 3. The Balaban J connectivity index is 2.37. The third-order valence-electron chi connectivity index (χ3n) is 3.36. The SMILES string of the molecule is Cn1nncc1C(N)C(C)(C)c1ccccc1. The number of aromatic nitrogens is 3. The number of hydrogen-bond donors (Lipinski definition) is 1. The van der Waals surface area contributed by atoms with Crippen LogP contribution in [0, 0.1) is 0 Å². The van der Waals surface area contributed by atoms with E-state index in [1.54, 1.807) is 10.9 Å². The highest BCUT2D eigenvalue weighted by Crippen LogP contribution is 2.34. The Labute approximate surface area is 101 Å². The molecular formula is C13H18N4. The summed E-state index contributed by atoms with van der Waals surface area (Å²) in [6.07, 6.45) is 1.73. The Bertz CT molecular complexity index is 487. The van der Waals surface area contributed by atoms with Crippen LogP contribution in [-0.4, -0.2) is 15.0 Å². The molecule has 0 aliphatic rings. The second kappa shape index (κ2) is 4.30. The van der Waals surface area contributed by atoms with Gasteiger partial charge in [0.15, 0.2) is 0 Å². The summed E-state index contributed by atoms with van der Waals surface area (Å²) in [6, 6.07) is 10.1. The molecule has 0 radical (unpaired) electrons. The monoisotopic (exact) mass is 230 g/mol. The highest BCUT2D eigenvalue weighted by atomic mass is 15.4. The van der Waals surface area contributed by atoms with Gasteiger partial charge in [0.1, 0.15) is 0 Å². The van der Waals surface area contributed by atoms with Crippen LogP contribution in [0.1, 0.15) is 31.1 Å². The Morgan fingerprint density at radius 2 is 1.88 bits per heavy atom. The summed E-state index contributed by atoms with van der Waals surface area (Å²) in [5.74, 6) is 0. The van der Waals surface area contributed by atoms with E-state index in [0.717, 1.165) is 5.69 Å². The molecular weight excluding hydrogens is 212 g/mol. The van der Waals surface area contributed by atoms with E-state index in [2.05, 4.69) is 36.3 Å². The van der Waals surface area contributed by atoms with Crippen LogP contribution in [0.5, 0.6) is 0 Å². The molecule has 90 valence electrons. The van der Waals surface area contributed by atoms with Crippen molar-refractivity contribution in [3.63, 3.8) is 0 Å². The van der Waals surface area contributed by atoms with Gasteiger partial charge in [-0.05, 0) is 5.56 Å². The lowest BCUT2D eigenvalue weighted by atomic mass is 9.77. The van der Waals surface area contributed by atoms with E-state index in [0.29, 0.717) is 0 Å². The van der Waals surface area contributed by atoms with Gasteiger partial charge >= 0.3 is 0 Å². The van der Waals surface area contributed by atoms with Crippen LogP contribution in [0.2, 0.25) is 0 Å². The van der Waals surface area contributed by atoms with Crippen molar-refractivity contribution in [1.29, 1.82) is 0 Å². The molecule has 0 aliphatic carbocycles. The first-order chi connectivity index (χ1) is 8.03. The maximum Gasteiger partial charge on any atom is 0.0759 e. The zero-order valence-corrected chi connectivity index (χ0v) is 10.5. The minimum atomic E-state index is -0.156. The number of nitrogens with two attached hydrogens (primary N) is 1. The zero-order chi connectivity index (χ0) is 12.5. The van der Waals surface area contributed by atoms with Gasteiger partial charge in [-0.2, -0.15) is 0 Å². The van der Waals surface area contributed by atoms with Crippen LogP contribution in [0.3, 0.4) is 0 Å². The van der Waals surface area contributed by atoms with Crippen molar-refractivity contribution in [3.05, 3.63) is 47.8 Å². The number of aryl methyl sites for hydroxylation is 1. The molecule has 2 aromatic rings. The first kappa shape index (κ1) is 11.8. The predicted octanol–water partition coefficient (Wildman–Crippen LogP) is 1.79. The number of hydrogen-bond acceptors (Lipinski definition) is 3. The molecule has 0 amide bonds. The van der Waals surface area contributed by atoms with Gasteiger partial charge in [0.2, 0.25) is 0 Å². The minimum absolute atomic E-state index is 0.134. The highest BCUT2D eigenvalue weighted by molar-refractivity contribution is 5.28. The van der Waals surface area contributed by atoms with Crippen molar-refractivity contribution in [3.8, 4) is 0 Å². The summed E-state index contributed by atoms with van der Waals surface area (Å²) in [7, 11) is 1.86. The largest absolute Gasteiger partial charge is 0.322 e. The average molecular weight is 230 g/mol. The molecule has 1 aromatic heterocycles. The van der Waals surface area contributed by atoms with Gasteiger partial charge in [-0.1, -0.05) is 49.4 Å². The summed E-state index contributed by atoms with van der Waals surface area (Å²) in [6.45, 7) is 4.28. The fraction of sp³-hybridized carbons (Fsp3) is 0.385. The normalized spacial score (nSPS) is 13.6. The van der Waals surface area contributed by atoms with Crippen molar-refractivity contribution < 1.29 is 0 Å². The van der Waals surface area contributed by atoms with Gasteiger partial charge in [0.05, 0.1) is 17.9 Å². The summed E-state index contributed by atoms with van der Waals surface area (Å²) >= 11 is 0. The zero-order valence-electron chi connectivity index (χ0n) is 10.5. The molecule has 0 saturated carbocycles. The minimum Gasteiger partial charge on any atom is -0.322 e. The average Bonchev–Trinajstić information content (AvgIpc) is 2.75. The fourth-order valence-electron chi connectivity index (χ4n) is 2.00. The second-order valence-corrected chi connectivity index (χ2v) is 4.85. The van der Waals surface area contributed by atoms with E-state index in [-0.39, 0.29) is 11.5 Å². The van der Waals surface area contributed by atoms with Crippen LogP contribution in [-0.2, 0) is 12.5 Å². The molecule has 1 atom stereocenters.